The van der Waals surface area contributed by atoms with E-state index in [4.69, 9.17) is 15.1 Å². The number of benzene rings is 2. The lowest BCUT2D eigenvalue weighted by Crippen LogP contribution is -2.28. The number of rotatable bonds is 8. The number of hydrogen-bond acceptors (Lipinski definition) is 5. The van der Waals surface area contributed by atoms with E-state index in [2.05, 4.69) is 86.5 Å². The van der Waals surface area contributed by atoms with Gasteiger partial charge in [-0.2, -0.15) is 0 Å². The minimum atomic E-state index is 0. The average Bonchev–Trinajstić information content (AvgIpc) is 2.95. The molecule has 1 aromatic heterocycles. The lowest BCUT2D eigenvalue weighted by Gasteiger charge is -2.18. The first-order valence-corrected chi connectivity index (χ1v) is 13.5. The van der Waals surface area contributed by atoms with Crippen LogP contribution in [0.2, 0.25) is 0 Å². The smallest absolute Gasteiger partial charge is 0.154 e. The minimum absolute atomic E-state index is 0. The molecule has 0 amide bonds. The molecule has 0 aliphatic carbocycles. The molecule has 1 heterocycles. The van der Waals surface area contributed by atoms with E-state index in [9.17, 15) is 0 Å². The molecular formula is C31H54N4O2. The number of aryl methyl sites for hydroxylation is 2. The Hall–Kier alpha value is -2.80. The maximum atomic E-state index is 7.00. The van der Waals surface area contributed by atoms with Crippen LogP contribution in [-0.4, -0.2) is 58.7 Å². The van der Waals surface area contributed by atoms with Crippen LogP contribution >= 0.6 is 0 Å². The molecule has 0 aliphatic rings. The second-order valence-corrected chi connectivity index (χ2v) is 7.15. The number of nitrogens with zero attached hydrogens (tertiary/aromatic N) is 3. The molecule has 6 heteroatoms. The van der Waals surface area contributed by atoms with Crippen molar-refractivity contribution in [2.45, 2.75) is 69.2 Å². The van der Waals surface area contributed by atoms with Crippen molar-refractivity contribution >= 4 is 28.9 Å². The SMILES string of the molecule is CC.CC.CC.CCN(CC)CCNc1nc(/C=C/c2ccc(C)cc2)nc2ccc(C)cc12.CO.O. The molecule has 3 aromatic rings. The fourth-order valence-electron chi connectivity index (χ4n) is 3.19. The normalized spacial score (nSPS) is 9.43. The molecule has 6 nitrogen and oxygen atoms in total. The third kappa shape index (κ3) is 14.5. The number of likely N-dealkylation sites (N-methyl/N-ethyl adjacent to an activating group) is 1. The molecule has 0 saturated carbocycles. The molecule has 0 radical (unpaired) electrons. The van der Waals surface area contributed by atoms with Crippen LogP contribution < -0.4 is 5.32 Å². The maximum absolute atomic E-state index is 7.00. The Kier molecular flexibility index (Phi) is 26.0. The Morgan fingerprint density at radius 1 is 0.784 bits per heavy atom. The van der Waals surface area contributed by atoms with E-state index in [1.165, 1.54) is 11.1 Å². The highest BCUT2D eigenvalue weighted by molar-refractivity contribution is 5.90. The fourth-order valence-corrected chi connectivity index (χ4v) is 3.19. The molecule has 0 aliphatic heterocycles. The predicted molar refractivity (Wildman–Crippen MR) is 166 cm³/mol. The Morgan fingerprint density at radius 2 is 1.32 bits per heavy atom. The van der Waals surface area contributed by atoms with Crippen molar-refractivity contribution in [3.63, 3.8) is 0 Å². The van der Waals surface area contributed by atoms with Crippen molar-refractivity contribution in [1.29, 1.82) is 0 Å². The highest BCUT2D eigenvalue weighted by atomic mass is 16.2. The number of aliphatic hydroxyl groups is 1. The first kappa shape index (κ1) is 38.7. The summed E-state index contributed by atoms with van der Waals surface area (Å²) in [5, 5.41) is 11.6. The summed E-state index contributed by atoms with van der Waals surface area (Å²) in [6.45, 7) is 24.6. The van der Waals surface area contributed by atoms with Crippen LogP contribution in [-0.2, 0) is 0 Å². The third-order valence-corrected chi connectivity index (χ3v) is 4.99. The maximum Gasteiger partial charge on any atom is 0.154 e. The van der Waals surface area contributed by atoms with E-state index in [0.29, 0.717) is 0 Å². The summed E-state index contributed by atoms with van der Waals surface area (Å²) >= 11 is 0. The third-order valence-electron chi connectivity index (χ3n) is 4.99. The van der Waals surface area contributed by atoms with Gasteiger partial charge in [0.1, 0.15) is 5.82 Å². The van der Waals surface area contributed by atoms with Crippen LogP contribution in [0, 0.1) is 13.8 Å². The van der Waals surface area contributed by atoms with Crippen molar-refractivity contribution in [1.82, 2.24) is 14.9 Å². The van der Waals surface area contributed by atoms with E-state index in [1.54, 1.807) is 0 Å². The lowest BCUT2D eigenvalue weighted by molar-refractivity contribution is 0.316. The summed E-state index contributed by atoms with van der Waals surface area (Å²) in [4.78, 5) is 11.9. The molecule has 210 valence electrons. The summed E-state index contributed by atoms with van der Waals surface area (Å²) in [5.41, 5.74) is 4.59. The van der Waals surface area contributed by atoms with Crippen LogP contribution in [0.4, 0.5) is 5.82 Å². The van der Waals surface area contributed by atoms with Gasteiger partial charge in [-0.05, 0) is 50.7 Å². The number of aliphatic hydroxyl groups excluding tert-OH is 1. The van der Waals surface area contributed by atoms with Crippen molar-refractivity contribution in [3.8, 4) is 0 Å². The van der Waals surface area contributed by atoms with E-state index in [-0.39, 0.29) is 5.48 Å². The summed E-state index contributed by atoms with van der Waals surface area (Å²) in [7, 11) is 1.00. The van der Waals surface area contributed by atoms with Gasteiger partial charge in [0.25, 0.3) is 0 Å². The minimum Gasteiger partial charge on any atom is -0.412 e. The molecule has 2 aromatic carbocycles. The molecular weight excluding hydrogens is 460 g/mol. The van der Waals surface area contributed by atoms with E-state index < -0.39 is 0 Å². The second kappa shape index (κ2) is 24.9. The van der Waals surface area contributed by atoms with Crippen LogP contribution in [0.25, 0.3) is 23.1 Å². The fraction of sp³-hybridized carbons (Fsp3) is 0.484. The van der Waals surface area contributed by atoms with Gasteiger partial charge in [-0.15, -0.1) is 0 Å². The largest absolute Gasteiger partial charge is 0.412 e. The molecule has 0 spiro atoms. The molecule has 0 bridgehead atoms. The standard InChI is InChI=1S/C24H30N4.3C2H6.CH4O.H2O/c1-5-28(6-2)16-15-25-24-21-17-19(4)9-13-22(21)26-23(27-24)14-12-20-10-7-18(3)8-11-20;4*1-2;/h7-14,17H,5-6,15-16H2,1-4H3,(H,25,26,27);3*1-2H3;2H,1H3;1H2/b14-12+;;;;;. The molecule has 0 saturated heterocycles. The monoisotopic (exact) mass is 514 g/mol. The van der Waals surface area contributed by atoms with Crippen LogP contribution in [0.3, 0.4) is 0 Å². The van der Waals surface area contributed by atoms with E-state index >= 15 is 0 Å². The Bertz CT molecular complexity index is 953. The number of nitrogens with one attached hydrogen (secondary N) is 1. The molecule has 0 unspecified atom stereocenters. The van der Waals surface area contributed by atoms with Crippen molar-refractivity contribution < 1.29 is 10.6 Å². The van der Waals surface area contributed by atoms with Crippen LogP contribution in [0.15, 0.2) is 42.5 Å². The Labute approximate surface area is 227 Å². The summed E-state index contributed by atoms with van der Waals surface area (Å²) in [6, 6.07) is 14.8. The molecule has 3 rings (SSSR count). The number of fused-ring (bicyclic) bond motifs is 1. The number of aromatic nitrogens is 2. The summed E-state index contributed by atoms with van der Waals surface area (Å²) < 4.78 is 0. The molecule has 37 heavy (non-hydrogen) atoms. The zero-order valence-electron chi connectivity index (χ0n) is 25.3. The van der Waals surface area contributed by atoms with Gasteiger partial charge in [-0.1, -0.05) is 103 Å². The van der Waals surface area contributed by atoms with Gasteiger partial charge in [0.05, 0.1) is 5.52 Å². The van der Waals surface area contributed by atoms with E-state index in [0.717, 1.165) is 61.4 Å². The van der Waals surface area contributed by atoms with Gasteiger partial charge in [0.15, 0.2) is 5.82 Å². The zero-order chi connectivity index (χ0) is 27.9. The quantitative estimate of drug-likeness (QED) is 0.336. The second-order valence-electron chi connectivity index (χ2n) is 7.15. The van der Waals surface area contributed by atoms with Gasteiger partial charge in [0, 0.05) is 25.6 Å². The van der Waals surface area contributed by atoms with Gasteiger partial charge in [-0.3, -0.25) is 0 Å². The summed E-state index contributed by atoms with van der Waals surface area (Å²) in [6.07, 6.45) is 4.05. The van der Waals surface area contributed by atoms with Crippen molar-refractivity contribution in [2.24, 2.45) is 0 Å². The Balaban J connectivity index is -0.00000117. The zero-order valence-corrected chi connectivity index (χ0v) is 25.3. The van der Waals surface area contributed by atoms with Gasteiger partial charge >= 0.3 is 0 Å². The van der Waals surface area contributed by atoms with Crippen molar-refractivity contribution in [3.05, 3.63) is 65.0 Å². The Morgan fingerprint density at radius 3 is 1.86 bits per heavy atom. The molecule has 0 fully saturated rings. The van der Waals surface area contributed by atoms with Gasteiger partial charge < -0.3 is 20.8 Å². The first-order chi connectivity index (χ1) is 17.6. The average molecular weight is 515 g/mol. The topological polar surface area (TPSA) is 92.8 Å². The van der Waals surface area contributed by atoms with Crippen LogP contribution in [0.5, 0.6) is 0 Å². The van der Waals surface area contributed by atoms with E-state index in [1.807, 2.05) is 47.6 Å². The predicted octanol–water partition coefficient (Wildman–Crippen LogP) is 7.03. The summed E-state index contributed by atoms with van der Waals surface area (Å²) in [5.74, 6) is 1.63. The van der Waals surface area contributed by atoms with Gasteiger partial charge in [0.2, 0.25) is 0 Å². The number of hydrogen-bond donors (Lipinski definition) is 2. The highest BCUT2D eigenvalue weighted by Crippen LogP contribution is 2.22. The van der Waals surface area contributed by atoms with Gasteiger partial charge in [-0.25, -0.2) is 9.97 Å². The molecule has 4 N–H and O–H groups in total. The highest BCUT2D eigenvalue weighted by Gasteiger charge is 2.07. The molecule has 0 atom stereocenters. The lowest BCUT2D eigenvalue weighted by atomic mass is 10.1. The first-order valence-electron chi connectivity index (χ1n) is 13.5. The van der Waals surface area contributed by atoms with Crippen molar-refractivity contribution in [2.75, 3.05) is 38.6 Å². The number of anilines is 1. The van der Waals surface area contributed by atoms with Crippen LogP contribution in [0.1, 0.15) is 77.9 Å².